The van der Waals surface area contributed by atoms with Crippen LogP contribution in [0.3, 0.4) is 0 Å². The molecule has 0 aliphatic rings. The molecule has 0 saturated carbocycles. The third-order valence-corrected chi connectivity index (χ3v) is 3.81. The highest BCUT2D eigenvalue weighted by molar-refractivity contribution is 6.30. The van der Waals surface area contributed by atoms with Gasteiger partial charge in [0, 0.05) is 36.9 Å². The second-order valence-electron chi connectivity index (χ2n) is 6.13. The highest BCUT2D eigenvalue weighted by Crippen LogP contribution is 2.13. The van der Waals surface area contributed by atoms with Crippen LogP contribution in [0.15, 0.2) is 48.5 Å². The van der Waals surface area contributed by atoms with Gasteiger partial charge in [0.1, 0.15) is 0 Å². The van der Waals surface area contributed by atoms with Gasteiger partial charge >= 0.3 is 0 Å². The largest absolute Gasteiger partial charge is 0.345 e. The van der Waals surface area contributed by atoms with Crippen molar-refractivity contribution in [3.63, 3.8) is 0 Å². The van der Waals surface area contributed by atoms with Crippen LogP contribution in [0.4, 0.5) is 5.69 Å². The number of halogens is 1. The van der Waals surface area contributed by atoms with Crippen molar-refractivity contribution in [2.45, 2.75) is 6.54 Å². The van der Waals surface area contributed by atoms with Gasteiger partial charge in [-0.2, -0.15) is 0 Å². The zero-order valence-electron chi connectivity index (χ0n) is 14.6. The minimum Gasteiger partial charge on any atom is -0.345 e. The molecular formula is C19H22ClN3O2. The lowest BCUT2D eigenvalue weighted by Gasteiger charge is -2.16. The molecule has 2 aromatic rings. The second-order valence-corrected chi connectivity index (χ2v) is 6.56. The van der Waals surface area contributed by atoms with Crippen molar-refractivity contribution in [3.8, 4) is 0 Å². The number of likely N-dealkylation sites (N-methyl/N-ethyl adjacent to an activating group) is 1. The van der Waals surface area contributed by atoms with Crippen molar-refractivity contribution in [3.05, 3.63) is 64.7 Å². The number of hydrogen-bond acceptors (Lipinski definition) is 3. The van der Waals surface area contributed by atoms with Gasteiger partial charge in [-0.05, 0) is 49.0 Å². The Bertz CT molecular complexity index is 745. The number of amides is 2. The third kappa shape index (κ3) is 5.89. The molecule has 0 unspecified atom stereocenters. The van der Waals surface area contributed by atoms with Crippen LogP contribution in [0, 0.1) is 0 Å². The lowest BCUT2D eigenvalue weighted by molar-refractivity contribution is -0.117. The van der Waals surface area contributed by atoms with E-state index in [9.17, 15) is 9.59 Å². The molecule has 0 spiro atoms. The first-order valence-corrected chi connectivity index (χ1v) is 8.27. The van der Waals surface area contributed by atoms with Gasteiger partial charge in [-0.1, -0.05) is 23.7 Å². The van der Waals surface area contributed by atoms with E-state index in [0.717, 1.165) is 5.56 Å². The molecule has 2 rings (SSSR count). The first-order valence-electron chi connectivity index (χ1n) is 7.89. The van der Waals surface area contributed by atoms with Crippen LogP contribution in [-0.4, -0.2) is 49.3 Å². The molecule has 1 N–H and O–H groups in total. The fourth-order valence-corrected chi connectivity index (χ4v) is 2.62. The number of rotatable bonds is 6. The normalized spacial score (nSPS) is 10.6. The van der Waals surface area contributed by atoms with Gasteiger partial charge in [-0.3, -0.25) is 14.5 Å². The minimum atomic E-state index is -0.115. The van der Waals surface area contributed by atoms with E-state index in [1.54, 1.807) is 38.4 Å². The van der Waals surface area contributed by atoms with E-state index >= 15 is 0 Å². The molecule has 0 aliphatic carbocycles. The summed E-state index contributed by atoms with van der Waals surface area (Å²) in [7, 11) is 5.28. The Balaban J connectivity index is 1.88. The molecule has 5 nitrogen and oxygen atoms in total. The van der Waals surface area contributed by atoms with Crippen molar-refractivity contribution in [2.75, 3.05) is 33.0 Å². The predicted octanol–water partition coefficient (Wildman–Crippen LogP) is 3.11. The Morgan fingerprint density at radius 1 is 1.04 bits per heavy atom. The molecule has 0 radical (unpaired) electrons. The maximum absolute atomic E-state index is 12.2. The first-order chi connectivity index (χ1) is 11.8. The summed E-state index contributed by atoms with van der Waals surface area (Å²) in [5.41, 5.74) is 2.30. The average molecular weight is 360 g/mol. The van der Waals surface area contributed by atoms with Gasteiger partial charge in [0.2, 0.25) is 5.91 Å². The Hall–Kier alpha value is -2.37. The summed E-state index contributed by atoms with van der Waals surface area (Å²) >= 11 is 5.97. The maximum atomic E-state index is 12.2. The van der Waals surface area contributed by atoms with E-state index in [0.29, 0.717) is 22.8 Å². The summed E-state index contributed by atoms with van der Waals surface area (Å²) < 4.78 is 0. The van der Waals surface area contributed by atoms with Gasteiger partial charge in [0.25, 0.3) is 5.91 Å². The van der Waals surface area contributed by atoms with Gasteiger partial charge in [-0.25, -0.2) is 0 Å². The topological polar surface area (TPSA) is 52.7 Å². The number of anilines is 1. The molecule has 0 aliphatic heterocycles. The summed E-state index contributed by atoms with van der Waals surface area (Å²) in [5.74, 6) is -0.185. The number of carbonyl (C=O) groups is 2. The quantitative estimate of drug-likeness (QED) is 0.862. The molecule has 25 heavy (non-hydrogen) atoms. The van der Waals surface area contributed by atoms with E-state index in [2.05, 4.69) is 5.32 Å². The number of nitrogens with zero attached hydrogens (tertiary/aromatic N) is 2. The zero-order chi connectivity index (χ0) is 18.4. The predicted molar refractivity (Wildman–Crippen MR) is 101 cm³/mol. The summed E-state index contributed by atoms with van der Waals surface area (Å²) in [6.07, 6.45) is 0. The SMILES string of the molecule is CN(CC(=O)Nc1ccc(C(=O)N(C)C)cc1)Cc1cccc(Cl)c1. The molecule has 2 aromatic carbocycles. The van der Waals surface area contributed by atoms with Gasteiger partial charge in [0.15, 0.2) is 0 Å². The van der Waals surface area contributed by atoms with E-state index in [4.69, 9.17) is 11.6 Å². The highest BCUT2D eigenvalue weighted by Gasteiger charge is 2.10. The number of hydrogen-bond donors (Lipinski definition) is 1. The van der Waals surface area contributed by atoms with Crippen LogP contribution in [0.25, 0.3) is 0 Å². The van der Waals surface area contributed by atoms with E-state index in [-0.39, 0.29) is 18.4 Å². The van der Waals surface area contributed by atoms with Crippen molar-refractivity contribution < 1.29 is 9.59 Å². The van der Waals surface area contributed by atoms with Gasteiger partial charge < -0.3 is 10.2 Å². The van der Waals surface area contributed by atoms with E-state index < -0.39 is 0 Å². The number of nitrogens with one attached hydrogen (secondary N) is 1. The Kier molecular flexibility index (Phi) is 6.56. The first kappa shape index (κ1) is 19.0. The van der Waals surface area contributed by atoms with Crippen LogP contribution in [-0.2, 0) is 11.3 Å². The Morgan fingerprint density at radius 2 is 1.72 bits per heavy atom. The van der Waals surface area contributed by atoms with Crippen LogP contribution in [0.5, 0.6) is 0 Å². The Labute approximate surface area is 153 Å². The molecular weight excluding hydrogens is 338 g/mol. The monoisotopic (exact) mass is 359 g/mol. The molecule has 0 fully saturated rings. The summed E-state index contributed by atoms with van der Waals surface area (Å²) in [6, 6.07) is 14.4. The average Bonchev–Trinajstić information content (AvgIpc) is 2.54. The van der Waals surface area contributed by atoms with Gasteiger partial charge in [-0.15, -0.1) is 0 Å². The summed E-state index contributed by atoms with van der Waals surface area (Å²) in [6.45, 7) is 0.884. The molecule has 6 heteroatoms. The number of carbonyl (C=O) groups excluding carboxylic acids is 2. The van der Waals surface area contributed by atoms with Crippen LogP contribution in [0.1, 0.15) is 15.9 Å². The molecule has 0 heterocycles. The smallest absolute Gasteiger partial charge is 0.253 e. The minimum absolute atomic E-state index is 0.0702. The van der Waals surface area contributed by atoms with Crippen molar-refractivity contribution in [1.29, 1.82) is 0 Å². The lowest BCUT2D eigenvalue weighted by atomic mass is 10.2. The van der Waals surface area contributed by atoms with Crippen molar-refractivity contribution in [2.24, 2.45) is 0 Å². The summed E-state index contributed by atoms with van der Waals surface area (Å²) in [5, 5.41) is 3.52. The second kappa shape index (κ2) is 8.65. The van der Waals surface area contributed by atoms with Crippen LogP contribution < -0.4 is 5.32 Å². The molecule has 2 amide bonds. The fraction of sp³-hybridized carbons (Fsp3) is 0.263. The van der Waals surface area contributed by atoms with Crippen molar-refractivity contribution in [1.82, 2.24) is 9.80 Å². The molecule has 0 bridgehead atoms. The molecule has 0 aromatic heterocycles. The third-order valence-electron chi connectivity index (χ3n) is 3.58. The molecule has 0 atom stereocenters. The van der Waals surface area contributed by atoms with Crippen LogP contribution in [0.2, 0.25) is 5.02 Å². The Morgan fingerprint density at radius 3 is 2.32 bits per heavy atom. The van der Waals surface area contributed by atoms with Crippen molar-refractivity contribution >= 4 is 29.1 Å². The van der Waals surface area contributed by atoms with Crippen LogP contribution >= 0.6 is 11.6 Å². The lowest BCUT2D eigenvalue weighted by Crippen LogP contribution is -2.29. The van der Waals surface area contributed by atoms with E-state index in [1.807, 2.05) is 36.2 Å². The summed E-state index contributed by atoms with van der Waals surface area (Å²) in [4.78, 5) is 27.4. The fourth-order valence-electron chi connectivity index (χ4n) is 2.40. The molecule has 0 saturated heterocycles. The van der Waals surface area contributed by atoms with E-state index in [1.165, 1.54) is 4.90 Å². The highest BCUT2D eigenvalue weighted by atomic mass is 35.5. The molecule has 132 valence electrons. The zero-order valence-corrected chi connectivity index (χ0v) is 15.4. The maximum Gasteiger partial charge on any atom is 0.253 e. The van der Waals surface area contributed by atoms with Gasteiger partial charge in [0.05, 0.1) is 6.54 Å². The number of benzene rings is 2. The standard InChI is InChI=1S/C19H22ClN3O2/c1-22(2)19(25)15-7-9-17(10-8-15)21-18(24)13-23(3)12-14-5-4-6-16(20)11-14/h4-11H,12-13H2,1-3H3,(H,21,24).